The summed E-state index contributed by atoms with van der Waals surface area (Å²) in [6.07, 6.45) is 3.05. The Morgan fingerprint density at radius 3 is 2.62 bits per heavy atom. The minimum absolute atomic E-state index is 0.266. The Morgan fingerprint density at radius 2 is 1.95 bits per heavy atom. The minimum atomic E-state index is 0.266. The number of hydrogen-bond acceptors (Lipinski definition) is 3. The quantitative estimate of drug-likeness (QED) is 0.848. The van der Waals surface area contributed by atoms with Crippen LogP contribution in [0.2, 0.25) is 0 Å². The van der Waals surface area contributed by atoms with Gasteiger partial charge in [-0.25, -0.2) is 4.98 Å². The van der Waals surface area contributed by atoms with Crippen LogP contribution in [0.25, 0.3) is 0 Å². The molecule has 2 unspecified atom stereocenters. The van der Waals surface area contributed by atoms with E-state index in [4.69, 9.17) is 4.74 Å². The summed E-state index contributed by atoms with van der Waals surface area (Å²) >= 11 is 0. The molecule has 0 saturated heterocycles. The summed E-state index contributed by atoms with van der Waals surface area (Å²) in [5.74, 6) is 0.917. The average Bonchev–Trinajstić information content (AvgIpc) is 2.81. The fraction of sp³-hybridized carbons (Fsp3) is 0.471. The van der Waals surface area contributed by atoms with Crippen molar-refractivity contribution in [2.75, 3.05) is 19.0 Å². The van der Waals surface area contributed by atoms with E-state index >= 15 is 0 Å². The summed E-state index contributed by atoms with van der Waals surface area (Å²) in [6, 6.07) is 11.1. The van der Waals surface area contributed by atoms with Crippen molar-refractivity contribution in [1.82, 2.24) is 9.55 Å². The van der Waals surface area contributed by atoms with Crippen molar-refractivity contribution in [1.29, 1.82) is 0 Å². The predicted molar refractivity (Wildman–Crippen MR) is 86.8 cm³/mol. The number of aromatic nitrogens is 2. The lowest BCUT2D eigenvalue weighted by Crippen LogP contribution is -2.22. The van der Waals surface area contributed by atoms with Crippen molar-refractivity contribution in [2.45, 2.75) is 39.3 Å². The molecule has 114 valence electrons. The number of methoxy groups -OCH3 is 1. The normalized spacial score (nSPS) is 13.9. The molecule has 1 aromatic carbocycles. The molecule has 0 bridgehead atoms. The van der Waals surface area contributed by atoms with Gasteiger partial charge in [0.1, 0.15) is 0 Å². The fourth-order valence-corrected chi connectivity index (χ4v) is 2.52. The number of anilines is 1. The van der Waals surface area contributed by atoms with Crippen LogP contribution in [0.3, 0.4) is 0 Å². The van der Waals surface area contributed by atoms with Gasteiger partial charge in [0.2, 0.25) is 5.95 Å². The highest BCUT2D eigenvalue weighted by molar-refractivity contribution is 5.32. The molecule has 0 aliphatic carbocycles. The topological polar surface area (TPSA) is 39.1 Å². The van der Waals surface area contributed by atoms with Gasteiger partial charge < -0.3 is 14.6 Å². The van der Waals surface area contributed by atoms with Gasteiger partial charge in [-0.15, -0.1) is 0 Å². The molecule has 1 aromatic heterocycles. The standard InChI is InChI=1S/C17H25N3O/c1-13(10-16-8-6-5-7-9-16)18-17-19-14(2)11-20(17)15(3)12-21-4/h5-9,11,13,15H,10,12H2,1-4H3,(H,18,19). The van der Waals surface area contributed by atoms with Crippen molar-refractivity contribution < 1.29 is 4.74 Å². The van der Waals surface area contributed by atoms with Gasteiger partial charge in [-0.2, -0.15) is 0 Å². The Balaban J connectivity index is 2.05. The molecule has 0 radical (unpaired) electrons. The molecule has 2 rings (SSSR count). The molecule has 0 saturated carbocycles. The van der Waals surface area contributed by atoms with Gasteiger partial charge in [0.05, 0.1) is 18.3 Å². The summed E-state index contributed by atoms with van der Waals surface area (Å²) in [6.45, 7) is 7.01. The molecule has 2 aromatic rings. The van der Waals surface area contributed by atoms with Crippen molar-refractivity contribution in [2.24, 2.45) is 0 Å². The molecule has 1 N–H and O–H groups in total. The molecule has 1 heterocycles. The second kappa shape index (κ2) is 7.27. The average molecular weight is 287 g/mol. The van der Waals surface area contributed by atoms with E-state index in [2.05, 4.69) is 59.2 Å². The Kier molecular flexibility index (Phi) is 5.39. The van der Waals surface area contributed by atoms with Crippen LogP contribution in [0, 0.1) is 6.92 Å². The second-order valence-electron chi connectivity index (χ2n) is 5.65. The first-order valence-electron chi connectivity index (χ1n) is 7.45. The van der Waals surface area contributed by atoms with Crippen LogP contribution in [-0.4, -0.2) is 29.3 Å². The molecule has 0 amide bonds. The minimum Gasteiger partial charge on any atom is -0.383 e. The SMILES string of the molecule is COCC(C)n1cc(C)nc1NC(C)Cc1ccccc1. The molecule has 0 fully saturated rings. The van der Waals surface area contributed by atoms with Gasteiger partial charge in [0.15, 0.2) is 0 Å². The number of hydrogen-bond donors (Lipinski definition) is 1. The molecular weight excluding hydrogens is 262 g/mol. The second-order valence-corrected chi connectivity index (χ2v) is 5.65. The van der Waals surface area contributed by atoms with Crippen molar-refractivity contribution in [3.63, 3.8) is 0 Å². The first-order chi connectivity index (χ1) is 10.1. The number of ether oxygens (including phenoxy) is 1. The summed E-state index contributed by atoms with van der Waals surface area (Å²) in [5.41, 5.74) is 2.35. The molecule has 4 heteroatoms. The predicted octanol–water partition coefficient (Wildman–Crippen LogP) is 3.44. The number of nitrogens with zero attached hydrogens (tertiary/aromatic N) is 2. The fourth-order valence-electron chi connectivity index (χ4n) is 2.52. The van der Waals surface area contributed by atoms with E-state index in [1.54, 1.807) is 7.11 Å². The molecule has 21 heavy (non-hydrogen) atoms. The highest BCUT2D eigenvalue weighted by Crippen LogP contribution is 2.18. The Labute approximate surface area is 127 Å². The molecule has 0 spiro atoms. The molecule has 2 atom stereocenters. The van der Waals surface area contributed by atoms with Crippen molar-refractivity contribution in [3.05, 3.63) is 47.8 Å². The Morgan fingerprint density at radius 1 is 1.24 bits per heavy atom. The highest BCUT2D eigenvalue weighted by atomic mass is 16.5. The number of rotatable bonds is 7. The third-order valence-corrected chi connectivity index (χ3v) is 3.50. The third kappa shape index (κ3) is 4.33. The van der Waals surface area contributed by atoms with E-state index in [0.717, 1.165) is 18.1 Å². The van der Waals surface area contributed by atoms with Gasteiger partial charge in [-0.05, 0) is 32.8 Å². The van der Waals surface area contributed by atoms with Crippen LogP contribution in [0.4, 0.5) is 5.95 Å². The van der Waals surface area contributed by atoms with Crippen LogP contribution in [0.5, 0.6) is 0 Å². The maximum absolute atomic E-state index is 5.25. The van der Waals surface area contributed by atoms with Crippen molar-refractivity contribution >= 4 is 5.95 Å². The van der Waals surface area contributed by atoms with E-state index < -0.39 is 0 Å². The van der Waals surface area contributed by atoms with Crippen LogP contribution >= 0.6 is 0 Å². The van der Waals surface area contributed by atoms with Gasteiger partial charge in [-0.1, -0.05) is 30.3 Å². The number of imidazole rings is 1. The van der Waals surface area contributed by atoms with Gasteiger partial charge >= 0.3 is 0 Å². The van der Waals surface area contributed by atoms with Gasteiger partial charge in [0, 0.05) is 19.3 Å². The zero-order chi connectivity index (χ0) is 15.2. The zero-order valence-electron chi connectivity index (χ0n) is 13.3. The van der Waals surface area contributed by atoms with E-state index in [0.29, 0.717) is 12.6 Å². The molecule has 0 aliphatic heterocycles. The molecule has 0 aliphatic rings. The summed E-state index contributed by atoms with van der Waals surface area (Å²) < 4.78 is 7.40. The lowest BCUT2D eigenvalue weighted by molar-refractivity contribution is 0.163. The molecule has 4 nitrogen and oxygen atoms in total. The number of nitrogens with one attached hydrogen (secondary N) is 1. The van der Waals surface area contributed by atoms with Crippen LogP contribution < -0.4 is 5.32 Å². The summed E-state index contributed by atoms with van der Waals surface area (Å²) in [4.78, 5) is 4.59. The first-order valence-corrected chi connectivity index (χ1v) is 7.45. The smallest absolute Gasteiger partial charge is 0.203 e. The maximum atomic E-state index is 5.25. The first kappa shape index (κ1) is 15.6. The Hall–Kier alpha value is -1.81. The zero-order valence-corrected chi connectivity index (χ0v) is 13.3. The van der Waals surface area contributed by atoms with Crippen LogP contribution in [-0.2, 0) is 11.2 Å². The van der Waals surface area contributed by atoms with E-state index in [1.165, 1.54) is 5.56 Å². The maximum Gasteiger partial charge on any atom is 0.203 e. The summed E-state index contributed by atoms with van der Waals surface area (Å²) in [5, 5.41) is 3.52. The van der Waals surface area contributed by atoms with Gasteiger partial charge in [-0.3, -0.25) is 0 Å². The summed E-state index contributed by atoms with van der Waals surface area (Å²) in [7, 11) is 1.73. The van der Waals surface area contributed by atoms with Crippen LogP contribution in [0.15, 0.2) is 36.5 Å². The van der Waals surface area contributed by atoms with Gasteiger partial charge in [0.25, 0.3) is 0 Å². The Bertz CT molecular complexity index is 550. The lowest BCUT2D eigenvalue weighted by atomic mass is 10.1. The highest BCUT2D eigenvalue weighted by Gasteiger charge is 2.14. The lowest BCUT2D eigenvalue weighted by Gasteiger charge is -2.19. The van der Waals surface area contributed by atoms with E-state index in [1.807, 2.05) is 13.0 Å². The third-order valence-electron chi connectivity index (χ3n) is 3.50. The van der Waals surface area contributed by atoms with E-state index in [-0.39, 0.29) is 6.04 Å². The van der Waals surface area contributed by atoms with Crippen LogP contribution in [0.1, 0.15) is 31.1 Å². The monoisotopic (exact) mass is 287 g/mol. The number of aryl methyl sites for hydroxylation is 1. The molecular formula is C17H25N3O. The van der Waals surface area contributed by atoms with E-state index in [9.17, 15) is 0 Å². The van der Waals surface area contributed by atoms with Crippen molar-refractivity contribution in [3.8, 4) is 0 Å². The number of benzene rings is 1. The largest absolute Gasteiger partial charge is 0.383 e.